The van der Waals surface area contributed by atoms with Crippen LogP contribution in [0.1, 0.15) is 57.5 Å². The van der Waals surface area contributed by atoms with E-state index in [0.717, 1.165) is 58.6 Å². The average Bonchev–Trinajstić information content (AvgIpc) is 3.26. The third kappa shape index (κ3) is 2.68. The molecule has 26 heavy (non-hydrogen) atoms. The number of hydrogen-bond donors (Lipinski definition) is 0. The Hall–Kier alpha value is -2.69. The first kappa shape index (κ1) is 16.8. The molecule has 0 unspecified atom stereocenters. The van der Waals surface area contributed by atoms with Crippen LogP contribution in [0, 0.1) is 27.7 Å². The molecule has 134 valence electrons. The maximum Gasteiger partial charge on any atom is 0.255 e. The predicted molar refractivity (Wildman–Crippen MR) is 100 cm³/mol. The summed E-state index contributed by atoms with van der Waals surface area (Å²) in [6.45, 7) is 8.71. The molecule has 2 aromatic heterocycles. The van der Waals surface area contributed by atoms with Crippen LogP contribution in [0.2, 0.25) is 0 Å². The van der Waals surface area contributed by atoms with Crippen LogP contribution in [0.15, 0.2) is 28.8 Å². The Morgan fingerprint density at radius 1 is 1.15 bits per heavy atom. The molecule has 1 fully saturated rings. The van der Waals surface area contributed by atoms with E-state index in [1.165, 1.54) is 5.56 Å². The van der Waals surface area contributed by atoms with Gasteiger partial charge < -0.3 is 9.42 Å². The van der Waals surface area contributed by atoms with Gasteiger partial charge in [0.1, 0.15) is 0 Å². The average molecular weight is 349 g/mol. The minimum atomic E-state index is -0.0428. The van der Waals surface area contributed by atoms with E-state index in [9.17, 15) is 4.79 Å². The van der Waals surface area contributed by atoms with E-state index in [1.54, 1.807) is 0 Å². The van der Waals surface area contributed by atoms with Crippen LogP contribution in [0.5, 0.6) is 0 Å². The third-order valence-electron chi connectivity index (χ3n) is 5.35. The number of amides is 1. The van der Waals surface area contributed by atoms with Gasteiger partial charge in [0.25, 0.3) is 5.91 Å². The van der Waals surface area contributed by atoms with E-state index < -0.39 is 0 Å². The Bertz CT molecular complexity index is 1010. The van der Waals surface area contributed by atoms with E-state index >= 15 is 0 Å². The number of carbonyl (C=O) groups is 1. The van der Waals surface area contributed by atoms with Gasteiger partial charge in [-0.25, -0.2) is 0 Å². The molecule has 3 heterocycles. The standard InChI is InChI=1S/C21H23N3O2/c1-12-7-8-16-17(10-13(2)22-20(16)15(12)4)21(25)24-9-5-6-18(24)19-11-14(3)23-26-19/h7-8,10-11,18H,5-6,9H2,1-4H3/t18-/m1/s1. The minimum absolute atomic E-state index is 0.0420. The van der Waals surface area contributed by atoms with Crippen molar-refractivity contribution in [3.05, 3.63) is 58.1 Å². The van der Waals surface area contributed by atoms with E-state index in [-0.39, 0.29) is 11.9 Å². The molecule has 1 amide bonds. The molecule has 1 aromatic carbocycles. The summed E-state index contributed by atoms with van der Waals surface area (Å²) in [6.07, 6.45) is 1.87. The number of likely N-dealkylation sites (tertiary alicyclic amines) is 1. The molecule has 1 aliphatic heterocycles. The number of benzene rings is 1. The Labute approximate surface area is 153 Å². The first-order chi connectivity index (χ1) is 12.5. The summed E-state index contributed by atoms with van der Waals surface area (Å²) in [4.78, 5) is 20.0. The highest BCUT2D eigenvalue weighted by Gasteiger charge is 2.34. The van der Waals surface area contributed by atoms with Gasteiger partial charge in [-0.1, -0.05) is 17.3 Å². The number of rotatable bonds is 2. The Kier molecular flexibility index (Phi) is 4.02. The number of aryl methyl sites for hydroxylation is 4. The minimum Gasteiger partial charge on any atom is -0.359 e. The van der Waals surface area contributed by atoms with Gasteiger partial charge in [-0.3, -0.25) is 9.78 Å². The van der Waals surface area contributed by atoms with Crippen LogP contribution in [0.4, 0.5) is 0 Å². The molecule has 1 atom stereocenters. The summed E-state index contributed by atoms with van der Waals surface area (Å²) in [6, 6.07) is 7.87. The number of carbonyl (C=O) groups excluding carboxylic acids is 1. The molecule has 4 rings (SSSR count). The molecule has 0 N–H and O–H groups in total. The zero-order valence-corrected chi connectivity index (χ0v) is 15.7. The number of aromatic nitrogens is 2. The van der Waals surface area contributed by atoms with Gasteiger partial charge in [0, 0.05) is 23.7 Å². The summed E-state index contributed by atoms with van der Waals surface area (Å²) >= 11 is 0. The largest absolute Gasteiger partial charge is 0.359 e. The first-order valence-electron chi connectivity index (χ1n) is 9.07. The zero-order chi connectivity index (χ0) is 18.4. The van der Waals surface area contributed by atoms with E-state index in [4.69, 9.17) is 4.52 Å². The second-order valence-corrected chi connectivity index (χ2v) is 7.24. The molecular weight excluding hydrogens is 326 g/mol. The van der Waals surface area contributed by atoms with Crippen molar-refractivity contribution >= 4 is 16.8 Å². The fourth-order valence-electron chi connectivity index (χ4n) is 3.84. The molecule has 0 aliphatic carbocycles. The van der Waals surface area contributed by atoms with Crippen LogP contribution >= 0.6 is 0 Å². The van der Waals surface area contributed by atoms with E-state index in [2.05, 4.69) is 30.1 Å². The summed E-state index contributed by atoms with van der Waals surface area (Å²) in [7, 11) is 0. The zero-order valence-electron chi connectivity index (χ0n) is 15.7. The van der Waals surface area contributed by atoms with Gasteiger partial charge in [-0.05, 0) is 57.7 Å². The van der Waals surface area contributed by atoms with Gasteiger partial charge in [0.05, 0.1) is 22.8 Å². The molecule has 1 saturated heterocycles. The van der Waals surface area contributed by atoms with Crippen molar-refractivity contribution in [1.82, 2.24) is 15.0 Å². The highest BCUT2D eigenvalue weighted by molar-refractivity contribution is 6.07. The van der Waals surface area contributed by atoms with Crippen molar-refractivity contribution in [2.45, 2.75) is 46.6 Å². The second kappa shape index (κ2) is 6.24. The van der Waals surface area contributed by atoms with Crippen LogP contribution in [-0.2, 0) is 0 Å². The number of nitrogens with zero attached hydrogens (tertiary/aromatic N) is 3. The van der Waals surface area contributed by atoms with Crippen molar-refractivity contribution in [1.29, 1.82) is 0 Å². The lowest BCUT2D eigenvalue weighted by Gasteiger charge is -2.24. The number of fused-ring (bicyclic) bond motifs is 1. The molecule has 0 bridgehead atoms. The topological polar surface area (TPSA) is 59.2 Å². The van der Waals surface area contributed by atoms with Crippen molar-refractivity contribution < 1.29 is 9.32 Å². The fourth-order valence-corrected chi connectivity index (χ4v) is 3.84. The van der Waals surface area contributed by atoms with Crippen LogP contribution < -0.4 is 0 Å². The Balaban J connectivity index is 1.80. The van der Waals surface area contributed by atoms with Gasteiger partial charge in [0.15, 0.2) is 5.76 Å². The Morgan fingerprint density at radius 2 is 1.96 bits per heavy atom. The quantitative estimate of drug-likeness (QED) is 0.686. The SMILES string of the molecule is Cc1cc([C@H]2CCCN2C(=O)c2cc(C)nc3c(C)c(C)ccc23)on1. The van der Waals surface area contributed by atoms with Crippen LogP contribution in [0.25, 0.3) is 10.9 Å². The van der Waals surface area contributed by atoms with Crippen LogP contribution in [0.3, 0.4) is 0 Å². The second-order valence-electron chi connectivity index (χ2n) is 7.24. The lowest BCUT2D eigenvalue weighted by Crippen LogP contribution is -2.30. The molecular formula is C21H23N3O2. The smallest absolute Gasteiger partial charge is 0.255 e. The summed E-state index contributed by atoms with van der Waals surface area (Å²) in [5.74, 6) is 0.816. The normalized spacial score (nSPS) is 17.2. The number of hydrogen-bond acceptors (Lipinski definition) is 4. The van der Waals surface area contributed by atoms with Crippen molar-refractivity contribution in [2.75, 3.05) is 6.54 Å². The maximum atomic E-state index is 13.4. The third-order valence-corrected chi connectivity index (χ3v) is 5.35. The molecule has 5 heteroatoms. The first-order valence-corrected chi connectivity index (χ1v) is 9.07. The lowest BCUT2D eigenvalue weighted by atomic mass is 10.00. The molecule has 3 aromatic rings. The lowest BCUT2D eigenvalue weighted by molar-refractivity contribution is 0.0716. The van der Waals surface area contributed by atoms with Crippen molar-refractivity contribution in [2.24, 2.45) is 0 Å². The summed E-state index contributed by atoms with van der Waals surface area (Å²) in [5.41, 5.74) is 5.66. The summed E-state index contributed by atoms with van der Waals surface area (Å²) in [5, 5.41) is 4.91. The highest BCUT2D eigenvalue weighted by Crippen LogP contribution is 2.35. The van der Waals surface area contributed by atoms with Gasteiger partial charge in [-0.15, -0.1) is 0 Å². The maximum absolute atomic E-state index is 13.4. The van der Waals surface area contributed by atoms with E-state index in [0.29, 0.717) is 0 Å². The highest BCUT2D eigenvalue weighted by atomic mass is 16.5. The molecule has 1 aliphatic rings. The fraction of sp³-hybridized carbons (Fsp3) is 0.381. The summed E-state index contributed by atoms with van der Waals surface area (Å²) < 4.78 is 5.45. The van der Waals surface area contributed by atoms with Crippen molar-refractivity contribution in [3.8, 4) is 0 Å². The van der Waals surface area contributed by atoms with E-state index in [1.807, 2.05) is 36.9 Å². The predicted octanol–water partition coefficient (Wildman–Crippen LogP) is 4.43. The molecule has 0 spiro atoms. The van der Waals surface area contributed by atoms with Gasteiger partial charge >= 0.3 is 0 Å². The van der Waals surface area contributed by atoms with Crippen LogP contribution in [-0.4, -0.2) is 27.5 Å². The molecule has 0 saturated carbocycles. The monoisotopic (exact) mass is 349 g/mol. The van der Waals surface area contributed by atoms with Gasteiger partial charge in [0.2, 0.25) is 0 Å². The van der Waals surface area contributed by atoms with Gasteiger partial charge in [-0.2, -0.15) is 0 Å². The molecule has 0 radical (unpaired) electrons. The molecule has 5 nitrogen and oxygen atoms in total. The Morgan fingerprint density at radius 3 is 2.69 bits per heavy atom. The number of pyridine rings is 1. The van der Waals surface area contributed by atoms with Crippen molar-refractivity contribution in [3.63, 3.8) is 0 Å².